The molecule has 0 saturated heterocycles. The average molecular weight is 524 g/mol. The largest absolute Gasteiger partial charge is 0.416 e. The molecule has 176 valence electrons. The zero-order chi connectivity index (χ0) is 24.3. The minimum Gasteiger partial charge on any atom is -0.325 e. The number of fused-ring (bicyclic) bond motifs is 1. The highest BCUT2D eigenvalue weighted by atomic mass is 32.2. The molecule has 12 heteroatoms. The van der Waals surface area contributed by atoms with Gasteiger partial charge >= 0.3 is 6.18 Å². The third kappa shape index (κ3) is 5.88. The topological polar surface area (TPSA) is 88.2 Å². The number of nitrogens with one attached hydrogen (secondary N) is 2. The monoisotopic (exact) mass is 523 g/mol. The molecule has 34 heavy (non-hydrogen) atoms. The fraction of sp³-hybridized carbons (Fsp3) is 0.0909. The summed E-state index contributed by atoms with van der Waals surface area (Å²) >= 11 is 2.41. The Hall–Kier alpha value is -3.09. The second kappa shape index (κ2) is 9.65. The molecule has 0 atom stereocenters. The van der Waals surface area contributed by atoms with Crippen molar-refractivity contribution in [2.24, 2.45) is 0 Å². The van der Waals surface area contributed by atoms with Gasteiger partial charge in [0.2, 0.25) is 5.91 Å². The smallest absolute Gasteiger partial charge is 0.325 e. The van der Waals surface area contributed by atoms with E-state index < -0.39 is 27.7 Å². The molecule has 0 aliphatic carbocycles. The van der Waals surface area contributed by atoms with Gasteiger partial charge in [0.1, 0.15) is 0 Å². The lowest BCUT2D eigenvalue weighted by Gasteiger charge is -2.09. The number of thioether (sulfide) groups is 1. The van der Waals surface area contributed by atoms with Crippen LogP contribution in [-0.2, 0) is 21.0 Å². The minimum absolute atomic E-state index is 0.0520. The van der Waals surface area contributed by atoms with E-state index in [4.69, 9.17) is 0 Å². The number of amides is 1. The van der Waals surface area contributed by atoms with Crippen molar-refractivity contribution in [1.29, 1.82) is 0 Å². The van der Waals surface area contributed by atoms with Crippen LogP contribution in [0.3, 0.4) is 0 Å². The summed E-state index contributed by atoms with van der Waals surface area (Å²) in [7, 11) is -3.73. The number of carbonyl (C=O) groups is 1. The van der Waals surface area contributed by atoms with Crippen LogP contribution in [-0.4, -0.2) is 25.1 Å². The summed E-state index contributed by atoms with van der Waals surface area (Å²) in [6.07, 6.45) is -4.50. The van der Waals surface area contributed by atoms with E-state index in [0.29, 0.717) is 20.2 Å². The number of rotatable bonds is 7. The maximum Gasteiger partial charge on any atom is 0.416 e. The van der Waals surface area contributed by atoms with Crippen LogP contribution >= 0.6 is 23.1 Å². The fourth-order valence-electron chi connectivity index (χ4n) is 2.94. The summed E-state index contributed by atoms with van der Waals surface area (Å²) in [5.74, 6) is -0.524. The number of hydrogen-bond donors (Lipinski definition) is 2. The fourth-order valence-corrected chi connectivity index (χ4v) is 5.92. The van der Waals surface area contributed by atoms with Crippen LogP contribution in [0.1, 0.15) is 5.56 Å². The molecule has 1 aromatic heterocycles. The van der Waals surface area contributed by atoms with Gasteiger partial charge in [-0.15, -0.1) is 11.3 Å². The molecule has 1 amide bonds. The number of halogens is 3. The summed E-state index contributed by atoms with van der Waals surface area (Å²) < 4.78 is 67.3. The zero-order valence-corrected chi connectivity index (χ0v) is 19.6. The second-order valence-electron chi connectivity index (χ2n) is 7.00. The molecule has 0 fully saturated rings. The third-order valence-corrected chi connectivity index (χ3v) is 8.03. The number of nitrogens with zero attached hydrogens (tertiary/aromatic N) is 1. The van der Waals surface area contributed by atoms with Crippen molar-refractivity contribution in [3.05, 3.63) is 78.4 Å². The van der Waals surface area contributed by atoms with Crippen LogP contribution in [0.15, 0.2) is 82.0 Å². The summed E-state index contributed by atoms with van der Waals surface area (Å²) in [6, 6.07) is 17.3. The number of alkyl halides is 3. The van der Waals surface area contributed by atoms with Gasteiger partial charge in [-0.05, 0) is 48.5 Å². The number of anilines is 2. The number of benzene rings is 3. The van der Waals surface area contributed by atoms with Crippen LogP contribution in [0.4, 0.5) is 24.5 Å². The normalized spacial score (nSPS) is 12.0. The van der Waals surface area contributed by atoms with E-state index in [1.165, 1.54) is 35.6 Å². The minimum atomic E-state index is -4.50. The van der Waals surface area contributed by atoms with Crippen molar-refractivity contribution in [3.8, 4) is 0 Å². The molecule has 0 radical (unpaired) electrons. The third-order valence-electron chi connectivity index (χ3n) is 4.47. The van der Waals surface area contributed by atoms with E-state index in [-0.39, 0.29) is 16.3 Å². The van der Waals surface area contributed by atoms with Gasteiger partial charge < -0.3 is 5.32 Å². The van der Waals surface area contributed by atoms with Gasteiger partial charge in [-0.2, -0.15) is 13.2 Å². The molecule has 0 aliphatic heterocycles. The Kier molecular flexibility index (Phi) is 6.82. The summed E-state index contributed by atoms with van der Waals surface area (Å²) in [5, 5.41) is 2.45. The first kappa shape index (κ1) is 24.0. The van der Waals surface area contributed by atoms with E-state index in [1.807, 2.05) is 0 Å². The van der Waals surface area contributed by atoms with E-state index >= 15 is 0 Å². The number of thiazole rings is 1. The number of hydrogen-bond acceptors (Lipinski definition) is 6. The molecular weight excluding hydrogens is 507 g/mol. The van der Waals surface area contributed by atoms with Gasteiger partial charge in [-0.3, -0.25) is 9.52 Å². The molecule has 0 unspecified atom stereocenters. The second-order valence-corrected chi connectivity index (χ2v) is 10.9. The van der Waals surface area contributed by atoms with E-state index in [9.17, 15) is 26.4 Å². The Morgan fingerprint density at radius 1 is 0.971 bits per heavy atom. The molecule has 3 aromatic carbocycles. The molecule has 4 rings (SSSR count). The molecule has 1 heterocycles. The summed E-state index contributed by atoms with van der Waals surface area (Å²) in [4.78, 5) is 16.7. The van der Waals surface area contributed by atoms with Crippen molar-refractivity contribution in [1.82, 2.24) is 4.98 Å². The Bertz CT molecular complexity index is 1440. The first-order chi connectivity index (χ1) is 16.1. The molecule has 6 nitrogen and oxygen atoms in total. The average Bonchev–Trinajstić information content (AvgIpc) is 3.20. The molecule has 0 aliphatic rings. The molecule has 0 saturated carbocycles. The number of aromatic nitrogens is 1. The number of sulfonamides is 1. The number of carbonyl (C=O) groups excluding carboxylic acids is 1. The Labute approximate surface area is 201 Å². The van der Waals surface area contributed by atoms with Crippen LogP contribution in [0.2, 0.25) is 0 Å². The Morgan fingerprint density at radius 2 is 1.74 bits per heavy atom. The van der Waals surface area contributed by atoms with Crippen molar-refractivity contribution < 1.29 is 26.4 Å². The van der Waals surface area contributed by atoms with Crippen molar-refractivity contribution >= 4 is 60.6 Å². The van der Waals surface area contributed by atoms with Crippen molar-refractivity contribution in [3.63, 3.8) is 0 Å². The van der Waals surface area contributed by atoms with Crippen LogP contribution in [0.25, 0.3) is 10.2 Å². The standard InChI is InChI=1S/C22H16F3N3O3S3/c23-22(24,25)14-5-4-6-15(11-14)26-20(29)13-32-21-27-18-10-9-16(12-19(18)33-21)28-34(30,31)17-7-2-1-3-8-17/h1-12,28H,13H2,(H,26,29). The zero-order valence-electron chi connectivity index (χ0n) is 17.2. The lowest BCUT2D eigenvalue weighted by molar-refractivity contribution is -0.137. The molecule has 0 bridgehead atoms. The maximum atomic E-state index is 12.8. The van der Waals surface area contributed by atoms with Gasteiger partial charge in [0.25, 0.3) is 10.0 Å². The summed E-state index contributed by atoms with van der Waals surface area (Å²) in [6.45, 7) is 0. The lowest BCUT2D eigenvalue weighted by Crippen LogP contribution is -2.14. The van der Waals surface area contributed by atoms with Gasteiger partial charge in [0.05, 0.1) is 32.1 Å². The first-order valence-corrected chi connectivity index (χ1v) is 13.0. The van der Waals surface area contributed by atoms with E-state index in [2.05, 4.69) is 15.0 Å². The van der Waals surface area contributed by atoms with Crippen molar-refractivity contribution in [2.45, 2.75) is 15.4 Å². The highest BCUT2D eigenvalue weighted by Gasteiger charge is 2.30. The SMILES string of the molecule is O=C(CSc1nc2ccc(NS(=O)(=O)c3ccccc3)cc2s1)Nc1cccc(C(F)(F)F)c1. The van der Waals surface area contributed by atoms with E-state index in [1.54, 1.807) is 36.4 Å². The Balaban J connectivity index is 1.40. The quantitative estimate of drug-likeness (QED) is 0.297. The van der Waals surface area contributed by atoms with Crippen LogP contribution < -0.4 is 10.0 Å². The van der Waals surface area contributed by atoms with Gasteiger partial charge in [0.15, 0.2) is 4.34 Å². The highest BCUT2D eigenvalue weighted by molar-refractivity contribution is 8.01. The molecular formula is C22H16F3N3O3S3. The Morgan fingerprint density at radius 3 is 2.47 bits per heavy atom. The first-order valence-electron chi connectivity index (χ1n) is 9.68. The predicted octanol–water partition coefficient (Wildman–Crippen LogP) is 5.85. The van der Waals surface area contributed by atoms with Gasteiger partial charge in [-0.1, -0.05) is 36.0 Å². The van der Waals surface area contributed by atoms with Crippen LogP contribution in [0, 0.1) is 0 Å². The summed E-state index contributed by atoms with van der Waals surface area (Å²) in [5.41, 5.74) is 0.218. The highest BCUT2D eigenvalue weighted by Crippen LogP contribution is 2.33. The predicted molar refractivity (Wildman–Crippen MR) is 128 cm³/mol. The molecule has 4 aromatic rings. The maximum absolute atomic E-state index is 12.8. The molecule has 0 spiro atoms. The van der Waals surface area contributed by atoms with Crippen LogP contribution in [0.5, 0.6) is 0 Å². The van der Waals surface area contributed by atoms with Gasteiger partial charge in [-0.25, -0.2) is 13.4 Å². The van der Waals surface area contributed by atoms with Gasteiger partial charge in [0, 0.05) is 5.69 Å². The lowest BCUT2D eigenvalue weighted by atomic mass is 10.2. The van der Waals surface area contributed by atoms with Crippen molar-refractivity contribution in [2.75, 3.05) is 15.8 Å². The van der Waals surface area contributed by atoms with E-state index in [0.717, 1.165) is 23.9 Å². The molecule has 2 N–H and O–H groups in total.